The molecule has 2 aromatic rings. The van der Waals surface area contributed by atoms with Crippen LogP contribution in [-0.4, -0.2) is 17.0 Å². The Hall–Kier alpha value is -2.13. The molecule has 0 radical (unpaired) electrons. The van der Waals surface area contributed by atoms with Crippen molar-refractivity contribution in [3.05, 3.63) is 64.2 Å². The van der Waals surface area contributed by atoms with Gasteiger partial charge in [0.2, 0.25) is 0 Å². The van der Waals surface area contributed by atoms with Crippen LogP contribution < -0.4 is 0 Å². The largest absolute Gasteiger partial charge is 0.508 e. The van der Waals surface area contributed by atoms with Gasteiger partial charge in [-0.1, -0.05) is 42.8 Å². The van der Waals surface area contributed by atoms with E-state index >= 15 is 0 Å². The first-order chi connectivity index (χ1) is 14.1. The third kappa shape index (κ3) is 3.20. The van der Waals surface area contributed by atoms with E-state index in [1.807, 2.05) is 36.4 Å². The highest BCUT2D eigenvalue weighted by atomic mass is 35.5. The van der Waals surface area contributed by atoms with Gasteiger partial charge in [-0.2, -0.15) is 10.2 Å². The molecule has 0 aliphatic heterocycles. The molecule has 1 N–H and O–H groups in total. The standard InChI is InChI=1S/C25H27ClN2O/c1-25-13-12-20-19-9-7-18(29)14-16(19)6-8-21(20)22(25)10-11-24(25)28-27-15-17-4-2-3-5-23(17)26/h2-5,7,9,14-15,20-22,29H,6,8,10-13H2,1H3/b27-15-,28-24-/t20-,21+,22+,25-/m1/s1. The fraction of sp³-hybridized carbons (Fsp3) is 0.440. The molecule has 0 saturated heterocycles. The molecule has 4 heteroatoms. The SMILES string of the molecule is C[C@@]12CC[C@@H]3c4ccc(O)cc4CC[C@@H]3[C@@H]1CC/C2=N/N=C\c1ccccc1Cl. The minimum atomic E-state index is 0.160. The number of rotatable bonds is 2. The normalized spacial score (nSPS) is 32.2. The molecule has 4 atom stereocenters. The molecule has 3 aliphatic rings. The van der Waals surface area contributed by atoms with E-state index in [0.29, 0.717) is 28.5 Å². The lowest BCUT2D eigenvalue weighted by molar-refractivity contribution is 0.0955. The minimum Gasteiger partial charge on any atom is -0.508 e. The first-order valence-corrected chi connectivity index (χ1v) is 11.1. The van der Waals surface area contributed by atoms with Crippen LogP contribution in [0.15, 0.2) is 52.7 Å². The Kier molecular flexibility index (Phi) is 4.74. The summed E-state index contributed by atoms with van der Waals surface area (Å²) in [6.07, 6.45) is 8.70. The number of aromatic hydroxyl groups is 1. The minimum absolute atomic E-state index is 0.160. The second kappa shape index (κ2) is 7.28. The second-order valence-corrected chi connectivity index (χ2v) is 9.51. The van der Waals surface area contributed by atoms with Crippen LogP contribution in [0, 0.1) is 17.3 Å². The lowest BCUT2D eigenvalue weighted by Gasteiger charge is -2.49. The Labute approximate surface area is 177 Å². The van der Waals surface area contributed by atoms with Crippen molar-refractivity contribution in [2.24, 2.45) is 27.5 Å². The van der Waals surface area contributed by atoms with Crippen LogP contribution in [0.25, 0.3) is 0 Å². The maximum atomic E-state index is 9.85. The number of phenolic OH excluding ortho intramolecular Hbond substituents is 1. The maximum absolute atomic E-state index is 9.85. The number of halogens is 1. The van der Waals surface area contributed by atoms with E-state index in [4.69, 9.17) is 16.7 Å². The van der Waals surface area contributed by atoms with Crippen molar-refractivity contribution in [1.29, 1.82) is 0 Å². The molecule has 0 amide bonds. The van der Waals surface area contributed by atoms with Gasteiger partial charge in [0.1, 0.15) is 5.75 Å². The second-order valence-electron chi connectivity index (χ2n) is 9.11. The third-order valence-electron chi connectivity index (χ3n) is 7.73. The van der Waals surface area contributed by atoms with E-state index < -0.39 is 0 Å². The van der Waals surface area contributed by atoms with Crippen molar-refractivity contribution in [1.82, 2.24) is 0 Å². The molecular formula is C25H27ClN2O. The maximum Gasteiger partial charge on any atom is 0.115 e. The van der Waals surface area contributed by atoms with Crippen LogP contribution in [0.3, 0.4) is 0 Å². The molecule has 0 aromatic heterocycles. The Balaban J connectivity index is 1.39. The number of aryl methyl sites for hydroxylation is 1. The summed E-state index contributed by atoms with van der Waals surface area (Å²) >= 11 is 6.23. The summed E-state index contributed by atoms with van der Waals surface area (Å²) in [7, 11) is 0. The first kappa shape index (κ1) is 18.9. The molecule has 0 heterocycles. The molecule has 2 aromatic carbocycles. The van der Waals surface area contributed by atoms with Gasteiger partial charge in [0.05, 0.1) is 6.21 Å². The lowest BCUT2D eigenvalue weighted by Crippen LogP contribution is -2.42. The molecule has 2 saturated carbocycles. The fourth-order valence-electron chi connectivity index (χ4n) is 6.26. The van der Waals surface area contributed by atoms with Crippen LogP contribution in [0.1, 0.15) is 61.6 Å². The average Bonchev–Trinajstić information content (AvgIpc) is 3.05. The summed E-state index contributed by atoms with van der Waals surface area (Å²) in [5, 5.41) is 19.7. The smallest absolute Gasteiger partial charge is 0.115 e. The van der Waals surface area contributed by atoms with Crippen molar-refractivity contribution in [3.63, 3.8) is 0 Å². The van der Waals surface area contributed by atoms with Crippen molar-refractivity contribution >= 4 is 23.5 Å². The number of phenols is 1. The first-order valence-electron chi connectivity index (χ1n) is 10.7. The summed E-state index contributed by atoms with van der Waals surface area (Å²) in [6, 6.07) is 13.7. The summed E-state index contributed by atoms with van der Waals surface area (Å²) in [6.45, 7) is 2.41. The average molecular weight is 407 g/mol. The molecule has 3 nitrogen and oxygen atoms in total. The van der Waals surface area contributed by atoms with E-state index in [9.17, 15) is 5.11 Å². The van der Waals surface area contributed by atoms with Gasteiger partial charge in [0, 0.05) is 21.7 Å². The summed E-state index contributed by atoms with van der Waals surface area (Å²) < 4.78 is 0. The molecule has 0 unspecified atom stereocenters. The number of benzene rings is 2. The zero-order valence-corrected chi connectivity index (χ0v) is 17.6. The Morgan fingerprint density at radius 1 is 1.10 bits per heavy atom. The molecule has 5 rings (SSSR count). The highest BCUT2D eigenvalue weighted by Gasteiger charge is 2.53. The van der Waals surface area contributed by atoms with E-state index in [0.717, 1.165) is 18.4 Å². The van der Waals surface area contributed by atoms with E-state index in [1.165, 1.54) is 42.5 Å². The molecule has 2 fully saturated rings. The van der Waals surface area contributed by atoms with Gasteiger partial charge in [-0.3, -0.25) is 0 Å². The van der Waals surface area contributed by atoms with Gasteiger partial charge in [0.15, 0.2) is 0 Å². The highest BCUT2D eigenvalue weighted by molar-refractivity contribution is 6.33. The van der Waals surface area contributed by atoms with E-state index in [2.05, 4.69) is 18.1 Å². The number of fused-ring (bicyclic) bond motifs is 5. The lowest BCUT2D eigenvalue weighted by atomic mass is 9.55. The van der Waals surface area contributed by atoms with Gasteiger partial charge < -0.3 is 5.11 Å². The zero-order chi connectivity index (χ0) is 20.0. The predicted octanol–water partition coefficient (Wildman–Crippen LogP) is 6.38. The van der Waals surface area contributed by atoms with Gasteiger partial charge in [-0.05, 0) is 85.6 Å². The third-order valence-corrected chi connectivity index (χ3v) is 8.08. The van der Waals surface area contributed by atoms with Crippen molar-refractivity contribution < 1.29 is 5.11 Å². The Bertz CT molecular complexity index is 998. The van der Waals surface area contributed by atoms with Crippen LogP contribution in [0.5, 0.6) is 5.75 Å². The monoisotopic (exact) mass is 406 g/mol. The molecular weight excluding hydrogens is 380 g/mol. The van der Waals surface area contributed by atoms with E-state index in [1.54, 1.807) is 6.21 Å². The van der Waals surface area contributed by atoms with Crippen molar-refractivity contribution in [2.75, 3.05) is 0 Å². The molecule has 29 heavy (non-hydrogen) atoms. The van der Waals surface area contributed by atoms with Crippen LogP contribution >= 0.6 is 11.6 Å². The van der Waals surface area contributed by atoms with Crippen molar-refractivity contribution in [3.8, 4) is 5.75 Å². The number of nitrogens with zero attached hydrogens (tertiary/aromatic N) is 2. The fourth-order valence-corrected chi connectivity index (χ4v) is 6.45. The predicted molar refractivity (Wildman–Crippen MR) is 119 cm³/mol. The van der Waals surface area contributed by atoms with Crippen LogP contribution in [0.2, 0.25) is 5.02 Å². The zero-order valence-electron chi connectivity index (χ0n) is 16.8. The van der Waals surface area contributed by atoms with Gasteiger partial charge >= 0.3 is 0 Å². The topological polar surface area (TPSA) is 45.0 Å². The summed E-state index contributed by atoms with van der Waals surface area (Å²) in [4.78, 5) is 0. The quantitative estimate of drug-likeness (QED) is 0.456. The van der Waals surface area contributed by atoms with Gasteiger partial charge in [-0.25, -0.2) is 0 Å². The highest BCUT2D eigenvalue weighted by Crippen LogP contribution is 2.60. The molecule has 150 valence electrons. The van der Waals surface area contributed by atoms with E-state index in [-0.39, 0.29) is 5.41 Å². The van der Waals surface area contributed by atoms with Gasteiger partial charge in [-0.15, -0.1) is 0 Å². The Morgan fingerprint density at radius 2 is 1.97 bits per heavy atom. The molecule has 0 spiro atoms. The van der Waals surface area contributed by atoms with Crippen LogP contribution in [-0.2, 0) is 6.42 Å². The summed E-state index contributed by atoms with van der Waals surface area (Å²) in [5.74, 6) is 2.42. The Morgan fingerprint density at radius 3 is 2.83 bits per heavy atom. The van der Waals surface area contributed by atoms with Crippen LogP contribution in [0.4, 0.5) is 0 Å². The van der Waals surface area contributed by atoms with Gasteiger partial charge in [0.25, 0.3) is 0 Å². The molecule has 3 aliphatic carbocycles. The molecule has 0 bridgehead atoms. The summed E-state index contributed by atoms with van der Waals surface area (Å²) in [5.41, 5.74) is 5.16. The van der Waals surface area contributed by atoms with Crippen molar-refractivity contribution in [2.45, 2.75) is 51.4 Å². The number of hydrogen-bond acceptors (Lipinski definition) is 3. The number of hydrogen-bond donors (Lipinski definition) is 1.